The van der Waals surface area contributed by atoms with Crippen LogP contribution in [-0.2, 0) is 47.0 Å². The van der Waals surface area contributed by atoms with Gasteiger partial charge < -0.3 is 10.1 Å². The van der Waals surface area contributed by atoms with Gasteiger partial charge in [-0.1, -0.05) is 18.2 Å². The fraction of sp³-hybridized carbons (Fsp3) is 0.346. The Morgan fingerprint density at radius 1 is 1.00 bits per heavy atom. The summed E-state index contributed by atoms with van der Waals surface area (Å²) in [6.45, 7) is 2.34. The van der Waals surface area contributed by atoms with Gasteiger partial charge in [0.1, 0.15) is 0 Å². The quantitative estimate of drug-likeness (QED) is 0.471. The summed E-state index contributed by atoms with van der Waals surface area (Å²) in [6.07, 6.45) is 7.35. The monoisotopic (exact) mass is 508 g/mol. The minimum atomic E-state index is -4.16. The molecule has 5 rings (SSSR count). The summed E-state index contributed by atoms with van der Waals surface area (Å²) < 4.78 is 34.2. The van der Waals surface area contributed by atoms with Crippen molar-refractivity contribution in [1.82, 2.24) is 14.5 Å². The highest BCUT2D eigenvalue weighted by Crippen LogP contribution is 2.38. The van der Waals surface area contributed by atoms with Crippen LogP contribution >= 0.6 is 0 Å². The number of benzene rings is 2. The van der Waals surface area contributed by atoms with Crippen LogP contribution in [0.4, 0.5) is 10.5 Å². The summed E-state index contributed by atoms with van der Waals surface area (Å²) >= 11 is 0. The van der Waals surface area contributed by atoms with E-state index in [0.29, 0.717) is 18.7 Å². The fourth-order valence-corrected chi connectivity index (χ4v) is 5.85. The van der Waals surface area contributed by atoms with Crippen molar-refractivity contribution in [2.75, 3.05) is 11.9 Å². The summed E-state index contributed by atoms with van der Waals surface area (Å²) in [5.41, 5.74) is 6.80. The number of carbonyl (C=O) groups is 2. The molecule has 0 unspecified atom stereocenters. The second-order valence-corrected chi connectivity index (χ2v) is 10.7. The average Bonchev–Trinajstić information content (AvgIpc) is 3.60. The number of anilines is 1. The number of hydrogen-bond donors (Lipinski definition) is 2. The van der Waals surface area contributed by atoms with Gasteiger partial charge in [-0.15, -0.1) is 0 Å². The molecule has 2 amide bonds. The molecule has 0 aliphatic heterocycles. The van der Waals surface area contributed by atoms with Gasteiger partial charge in [0, 0.05) is 11.9 Å². The molecule has 2 aromatic carbocycles. The van der Waals surface area contributed by atoms with Crippen LogP contribution in [0, 0.1) is 0 Å². The van der Waals surface area contributed by atoms with E-state index in [1.54, 1.807) is 31.2 Å². The van der Waals surface area contributed by atoms with E-state index in [-0.39, 0.29) is 5.03 Å². The highest BCUT2D eigenvalue weighted by molar-refractivity contribution is 7.90. The second-order valence-electron chi connectivity index (χ2n) is 9.06. The minimum Gasteiger partial charge on any atom is -0.462 e. The summed E-state index contributed by atoms with van der Waals surface area (Å²) in [5, 5.41) is 6.73. The molecule has 0 radical (unpaired) electrons. The number of fused-ring (bicyclic) bond motifs is 2. The lowest BCUT2D eigenvalue weighted by Crippen LogP contribution is -2.35. The number of rotatable bonds is 7. The van der Waals surface area contributed by atoms with Crippen molar-refractivity contribution in [3.8, 4) is 0 Å². The fourth-order valence-electron chi connectivity index (χ4n) is 5.00. The van der Waals surface area contributed by atoms with E-state index in [4.69, 9.17) is 4.74 Å². The Labute approximate surface area is 209 Å². The van der Waals surface area contributed by atoms with Crippen molar-refractivity contribution in [3.63, 3.8) is 0 Å². The first-order valence-electron chi connectivity index (χ1n) is 12.1. The summed E-state index contributed by atoms with van der Waals surface area (Å²) in [6, 6.07) is 9.63. The molecule has 2 aliphatic carbocycles. The number of aromatic nitrogens is 2. The first-order valence-corrected chi connectivity index (χ1v) is 13.6. The number of aryl methyl sites for hydroxylation is 2. The van der Waals surface area contributed by atoms with Gasteiger partial charge in [-0.3, -0.25) is 4.68 Å². The SMILES string of the molecule is CCOC(=O)c1ccc(Cn2ccc(S(=O)(=O)NC(=O)Nc3c4c(cc5c3CCC5)CCC4)n2)cc1. The maximum atomic E-state index is 12.8. The van der Waals surface area contributed by atoms with Crippen LogP contribution in [0.15, 0.2) is 47.6 Å². The van der Waals surface area contributed by atoms with E-state index >= 15 is 0 Å². The Bertz CT molecular complexity index is 1400. The zero-order chi connectivity index (χ0) is 25.3. The van der Waals surface area contributed by atoms with Crippen molar-refractivity contribution in [2.24, 2.45) is 0 Å². The predicted octanol–water partition coefficient (Wildman–Crippen LogP) is 3.60. The van der Waals surface area contributed by atoms with Crippen molar-refractivity contribution >= 4 is 27.7 Å². The Hall–Kier alpha value is -3.66. The number of hydrogen-bond acceptors (Lipinski definition) is 6. The van der Waals surface area contributed by atoms with E-state index in [1.807, 2.05) is 0 Å². The van der Waals surface area contributed by atoms with E-state index in [2.05, 4.69) is 21.2 Å². The van der Waals surface area contributed by atoms with Crippen LogP contribution in [0.3, 0.4) is 0 Å². The molecule has 3 aromatic rings. The van der Waals surface area contributed by atoms with Gasteiger partial charge in [0.15, 0.2) is 5.03 Å². The summed E-state index contributed by atoms with van der Waals surface area (Å²) in [4.78, 5) is 24.6. The number of carbonyl (C=O) groups excluding carboxylic acids is 2. The molecule has 1 aromatic heterocycles. The van der Waals surface area contributed by atoms with Gasteiger partial charge >= 0.3 is 12.0 Å². The van der Waals surface area contributed by atoms with Gasteiger partial charge in [0.2, 0.25) is 0 Å². The van der Waals surface area contributed by atoms with E-state index in [0.717, 1.165) is 60.9 Å². The number of sulfonamides is 1. The van der Waals surface area contributed by atoms with Gasteiger partial charge in [0.05, 0.1) is 18.7 Å². The zero-order valence-corrected chi connectivity index (χ0v) is 20.9. The molecule has 188 valence electrons. The van der Waals surface area contributed by atoms with Crippen LogP contribution < -0.4 is 10.0 Å². The maximum absolute atomic E-state index is 12.8. The van der Waals surface area contributed by atoms with Gasteiger partial charge in [-0.05, 0) is 91.5 Å². The van der Waals surface area contributed by atoms with E-state index in [9.17, 15) is 18.0 Å². The second kappa shape index (κ2) is 9.77. The Morgan fingerprint density at radius 3 is 2.31 bits per heavy atom. The van der Waals surface area contributed by atoms with E-state index in [1.165, 1.54) is 28.1 Å². The smallest absolute Gasteiger partial charge is 0.338 e. The lowest BCUT2D eigenvalue weighted by atomic mass is 9.99. The molecule has 0 saturated carbocycles. The first-order chi connectivity index (χ1) is 17.3. The molecular formula is C26H28N4O5S. The van der Waals surface area contributed by atoms with Crippen molar-refractivity contribution in [1.29, 1.82) is 0 Å². The number of nitrogens with zero attached hydrogens (tertiary/aromatic N) is 2. The number of amides is 2. The molecular weight excluding hydrogens is 480 g/mol. The third-order valence-electron chi connectivity index (χ3n) is 6.64. The molecule has 36 heavy (non-hydrogen) atoms. The third kappa shape index (κ3) is 4.86. The third-order valence-corrected chi connectivity index (χ3v) is 7.86. The number of ether oxygens (including phenoxy) is 1. The Balaban J connectivity index is 1.26. The molecule has 0 atom stereocenters. The van der Waals surface area contributed by atoms with Crippen LogP contribution in [0.5, 0.6) is 0 Å². The molecule has 0 spiro atoms. The van der Waals surface area contributed by atoms with Gasteiger partial charge in [-0.25, -0.2) is 14.3 Å². The number of esters is 1. The van der Waals surface area contributed by atoms with Crippen molar-refractivity contribution in [2.45, 2.75) is 57.0 Å². The highest BCUT2D eigenvalue weighted by atomic mass is 32.2. The maximum Gasteiger partial charge on any atom is 0.338 e. The molecule has 0 saturated heterocycles. The van der Waals surface area contributed by atoms with Crippen molar-refractivity contribution in [3.05, 3.63) is 76.0 Å². The average molecular weight is 509 g/mol. The van der Waals surface area contributed by atoms with Crippen LogP contribution in [-0.4, -0.2) is 36.8 Å². The first kappa shape index (κ1) is 24.1. The number of nitrogens with one attached hydrogen (secondary N) is 2. The van der Waals surface area contributed by atoms with Crippen LogP contribution in [0.2, 0.25) is 0 Å². The summed E-state index contributed by atoms with van der Waals surface area (Å²) in [7, 11) is -4.16. The lowest BCUT2D eigenvalue weighted by Gasteiger charge is -2.16. The van der Waals surface area contributed by atoms with Crippen LogP contribution in [0.1, 0.15) is 57.9 Å². The molecule has 1 heterocycles. The van der Waals surface area contributed by atoms with Gasteiger partial charge in [-0.2, -0.15) is 13.5 Å². The zero-order valence-electron chi connectivity index (χ0n) is 20.0. The lowest BCUT2D eigenvalue weighted by molar-refractivity contribution is 0.0526. The largest absolute Gasteiger partial charge is 0.462 e. The predicted molar refractivity (Wildman–Crippen MR) is 134 cm³/mol. The molecule has 10 heteroatoms. The molecule has 2 N–H and O–H groups in total. The topological polar surface area (TPSA) is 119 Å². The Morgan fingerprint density at radius 2 is 1.67 bits per heavy atom. The molecule has 9 nitrogen and oxygen atoms in total. The summed E-state index contributed by atoms with van der Waals surface area (Å²) in [5.74, 6) is -0.397. The minimum absolute atomic E-state index is 0.246. The highest BCUT2D eigenvalue weighted by Gasteiger charge is 2.27. The van der Waals surface area contributed by atoms with Gasteiger partial charge in [0.25, 0.3) is 10.0 Å². The Kier molecular flexibility index (Phi) is 6.53. The normalized spacial score (nSPS) is 14.2. The van der Waals surface area contributed by atoms with Crippen LogP contribution in [0.25, 0.3) is 0 Å². The standard InChI is InChI=1S/C26H28N4O5S/c1-2-35-25(31)18-11-9-17(10-12-18)16-30-14-13-23(28-30)36(33,34)29-26(32)27-24-21-7-3-5-19(21)15-20-6-4-8-22(20)24/h9-15H,2-8,16H2,1H3,(H2,27,29,32). The number of urea groups is 1. The van der Waals surface area contributed by atoms with Crippen molar-refractivity contribution < 1.29 is 22.7 Å². The van der Waals surface area contributed by atoms with E-state index < -0.39 is 22.0 Å². The molecule has 0 bridgehead atoms. The molecule has 2 aliphatic rings. The molecule has 0 fully saturated rings.